The average molecular weight is 749 g/mol. The first-order valence-corrected chi connectivity index (χ1v) is 21.4. The lowest BCUT2D eigenvalue weighted by atomic mass is 9.79. The molecule has 0 radical (unpaired) electrons. The van der Waals surface area contributed by atoms with Gasteiger partial charge in [-0.05, 0) is 144 Å². The highest BCUT2D eigenvalue weighted by Crippen LogP contribution is 2.48. The third-order valence-corrected chi connectivity index (χ3v) is 14.6. The molecule has 0 saturated carbocycles. The molecule has 7 aromatic carbocycles. The Morgan fingerprint density at radius 3 is 1.80 bits per heavy atom. The second-order valence-corrected chi connectivity index (χ2v) is 17.6. The Kier molecular flexibility index (Phi) is 7.33. The lowest BCUT2D eigenvalue weighted by Gasteiger charge is -2.24. The zero-order chi connectivity index (χ0) is 36.7. The van der Waals surface area contributed by atoms with E-state index >= 15 is 0 Å². The van der Waals surface area contributed by atoms with Crippen LogP contribution in [0.4, 0.5) is 0 Å². The van der Waals surface area contributed by atoms with Crippen molar-refractivity contribution in [3.8, 4) is 33.4 Å². The van der Waals surface area contributed by atoms with E-state index in [1.54, 1.807) is 0 Å². The summed E-state index contributed by atoms with van der Waals surface area (Å²) in [6, 6.07) is 52.4. The fourth-order valence-corrected chi connectivity index (χ4v) is 12.0. The second kappa shape index (κ2) is 12.7. The summed E-state index contributed by atoms with van der Waals surface area (Å²) in [6.07, 6.45) is 17.4. The van der Waals surface area contributed by atoms with Crippen LogP contribution in [0.25, 0.3) is 98.4 Å². The number of fused-ring (bicyclic) bond motifs is 10. The van der Waals surface area contributed by atoms with Gasteiger partial charge in [0.15, 0.2) is 0 Å². The van der Waals surface area contributed by atoms with E-state index in [4.69, 9.17) is 0 Å². The molecule has 0 amide bonds. The Morgan fingerprint density at radius 2 is 1.12 bits per heavy atom. The van der Waals surface area contributed by atoms with E-state index in [0.717, 1.165) is 19.3 Å². The summed E-state index contributed by atoms with van der Waals surface area (Å²) in [7, 11) is 0. The summed E-state index contributed by atoms with van der Waals surface area (Å²) in [4.78, 5) is 1.40. The van der Waals surface area contributed by atoms with Gasteiger partial charge in [0, 0.05) is 35.3 Å². The Bertz CT molecular complexity index is 3330. The third kappa shape index (κ3) is 5.10. The van der Waals surface area contributed by atoms with Gasteiger partial charge in [-0.2, -0.15) is 0 Å². The lowest BCUT2D eigenvalue weighted by molar-refractivity contribution is 0.909. The van der Waals surface area contributed by atoms with Crippen molar-refractivity contribution >= 4 is 87.7 Å². The van der Waals surface area contributed by atoms with Crippen molar-refractivity contribution in [2.45, 2.75) is 25.2 Å². The summed E-state index contributed by atoms with van der Waals surface area (Å²) in [5, 5.41) is 9.36. The number of allylic oxidation sites excluding steroid dienone is 5. The van der Waals surface area contributed by atoms with Gasteiger partial charge < -0.3 is 0 Å². The summed E-state index contributed by atoms with van der Waals surface area (Å²) in [5.74, 6) is 0.360. The van der Waals surface area contributed by atoms with Crippen LogP contribution in [0.2, 0.25) is 0 Å². The Hall–Kier alpha value is -6.06. The standard InChI is InChI=1S/C54H36S2/c1-3-11-33(12-4-1)45-27-35-15-7-9-17-37(35)29-47(45)39-19-21-43-51(31-39)55-49-25-23-42-41(53(43)49)24-26-50-54(42)44-22-20-40(32-52(44)56-50)48-30-38-18-10-8-16-36(38)28-46(48)34-13-5-2-6-14-34/h1-5,7-13,15-23,25-32,41H,6,14,24H2. The fraction of sp³-hybridized carbons (Fsp3) is 0.0741. The first-order chi connectivity index (χ1) is 27.7. The van der Waals surface area contributed by atoms with E-state index in [9.17, 15) is 0 Å². The summed E-state index contributed by atoms with van der Waals surface area (Å²) in [6.45, 7) is 0. The van der Waals surface area contributed by atoms with Crippen molar-refractivity contribution in [1.29, 1.82) is 0 Å². The molecule has 3 aliphatic carbocycles. The molecule has 1 atom stereocenters. The van der Waals surface area contributed by atoms with Gasteiger partial charge in [0.25, 0.3) is 0 Å². The molecule has 12 rings (SSSR count). The van der Waals surface area contributed by atoms with Crippen molar-refractivity contribution in [3.63, 3.8) is 0 Å². The molecular weight excluding hydrogens is 713 g/mol. The molecule has 0 nitrogen and oxygen atoms in total. The van der Waals surface area contributed by atoms with Crippen molar-refractivity contribution in [3.05, 3.63) is 190 Å². The van der Waals surface area contributed by atoms with Gasteiger partial charge in [-0.15, -0.1) is 22.7 Å². The molecule has 3 aliphatic rings. The molecule has 2 heteroatoms. The van der Waals surface area contributed by atoms with Gasteiger partial charge in [0.05, 0.1) is 0 Å². The van der Waals surface area contributed by atoms with E-state index < -0.39 is 0 Å². The van der Waals surface area contributed by atoms with Gasteiger partial charge >= 0.3 is 0 Å². The molecular formula is C54H36S2. The number of benzene rings is 7. The van der Waals surface area contributed by atoms with Crippen molar-refractivity contribution in [2.24, 2.45) is 0 Å². The fourth-order valence-electron chi connectivity index (χ4n) is 9.58. The smallest absolute Gasteiger partial charge is 0.0361 e. The maximum absolute atomic E-state index is 2.52. The van der Waals surface area contributed by atoms with Gasteiger partial charge in [-0.3, -0.25) is 0 Å². The Morgan fingerprint density at radius 1 is 0.518 bits per heavy atom. The van der Waals surface area contributed by atoms with Crippen LogP contribution in [-0.4, -0.2) is 0 Å². The molecule has 56 heavy (non-hydrogen) atoms. The SMILES string of the molecule is C1=CCCC(c2cc3ccccc3cc2-c2ccc3c4c(sc3c2)=CCC2C=4C=Cc3sc4cc(-c5cc6ccccc6cc5-c5ccccc5)ccc4c32)=C1. The second-order valence-electron chi connectivity index (χ2n) is 15.4. The minimum atomic E-state index is 0.360. The van der Waals surface area contributed by atoms with Gasteiger partial charge in [0.2, 0.25) is 0 Å². The van der Waals surface area contributed by atoms with Crippen LogP contribution in [0.3, 0.4) is 0 Å². The zero-order valence-electron chi connectivity index (χ0n) is 30.8. The topological polar surface area (TPSA) is 0 Å². The monoisotopic (exact) mass is 748 g/mol. The van der Waals surface area contributed by atoms with E-state index in [1.165, 1.54) is 112 Å². The molecule has 2 aromatic heterocycles. The van der Waals surface area contributed by atoms with E-state index in [1.807, 2.05) is 22.7 Å². The first-order valence-electron chi connectivity index (χ1n) is 19.7. The van der Waals surface area contributed by atoms with Crippen molar-refractivity contribution in [1.82, 2.24) is 0 Å². The van der Waals surface area contributed by atoms with Crippen LogP contribution in [0.15, 0.2) is 164 Å². The highest BCUT2D eigenvalue weighted by Gasteiger charge is 2.29. The van der Waals surface area contributed by atoms with Crippen molar-refractivity contribution < 1.29 is 0 Å². The van der Waals surface area contributed by atoms with Crippen LogP contribution < -0.4 is 9.75 Å². The molecule has 0 fully saturated rings. The maximum atomic E-state index is 2.52. The summed E-state index contributed by atoms with van der Waals surface area (Å²) < 4.78 is 4.16. The minimum absolute atomic E-state index is 0.360. The Labute approximate surface area is 334 Å². The molecule has 0 bridgehead atoms. The normalized spacial score (nSPS) is 15.9. The number of hydrogen-bond donors (Lipinski definition) is 0. The van der Waals surface area contributed by atoms with Crippen LogP contribution >= 0.6 is 22.7 Å². The average Bonchev–Trinajstić information content (AvgIpc) is 3.84. The number of thiophene rings is 2. The third-order valence-electron chi connectivity index (χ3n) is 12.3. The molecule has 2 heterocycles. The lowest BCUT2D eigenvalue weighted by Crippen LogP contribution is -2.28. The highest BCUT2D eigenvalue weighted by atomic mass is 32.1. The van der Waals surface area contributed by atoms with Gasteiger partial charge in [-0.25, -0.2) is 0 Å². The van der Waals surface area contributed by atoms with E-state index in [-0.39, 0.29) is 0 Å². The first kappa shape index (κ1) is 32.2. The van der Waals surface area contributed by atoms with E-state index in [2.05, 4.69) is 176 Å². The molecule has 0 aliphatic heterocycles. The summed E-state index contributed by atoms with van der Waals surface area (Å²) >= 11 is 3.91. The largest absolute Gasteiger partial charge is 0.135 e. The predicted molar refractivity (Wildman–Crippen MR) is 245 cm³/mol. The highest BCUT2D eigenvalue weighted by molar-refractivity contribution is 7.20. The number of rotatable bonds is 4. The maximum Gasteiger partial charge on any atom is 0.0361 e. The molecule has 0 N–H and O–H groups in total. The van der Waals surface area contributed by atoms with Crippen LogP contribution in [0, 0.1) is 0 Å². The molecule has 1 unspecified atom stereocenters. The minimum Gasteiger partial charge on any atom is -0.135 e. The quantitative estimate of drug-likeness (QED) is 0.168. The van der Waals surface area contributed by atoms with Crippen LogP contribution in [0.1, 0.15) is 41.2 Å². The van der Waals surface area contributed by atoms with Crippen molar-refractivity contribution in [2.75, 3.05) is 0 Å². The predicted octanol–water partition coefficient (Wildman–Crippen LogP) is 14.3. The van der Waals surface area contributed by atoms with Crippen LogP contribution in [-0.2, 0) is 0 Å². The van der Waals surface area contributed by atoms with Crippen LogP contribution in [0.5, 0.6) is 0 Å². The summed E-state index contributed by atoms with van der Waals surface area (Å²) in [5.41, 5.74) is 13.5. The van der Waals surface area contributed by atoms with Gasteiger partial charge in [0.1, 0.15) is 0 Å². The molecule has 264 valence electrons. The molecule has 9 aromatic rings. The zero-order valence-corrected chi connectivity index (χ0v) is 32.4. The molecule has 0 saturated heterocycles. The Balaban J connectivity index is 0.971. The van der Waals surface area contributed by atoms with E-state index in [0.29, 0.717) is 5.92 Å². The number of hydrogen-bond acceptors (Lipinski definition) is 2. The molecule has 0 spiro atoms. The van der Waals surface area contributed by atoms with Gasteiger partial charge in [-0.1, -0.05) is 134 Å².